The number of rotatable bonds is 1. The summed E-state index contributed by atoms with van der Waals surface area (Å²) in [5.74, 6) is 0.192. The molecule has 1 aliphatic carbocycles. The molecule has 2 rings (SSSR count). The lowest BCUT2D eigenvalue weighted by atomic mass is 10.1. The molecule has 0 heterocycles. The first-order chi connectivity index (χ1) is 7.70. The summed E-state index contributed by atoms with van der Waals surface area (Å²) in [5, 5.41) is 0.717. The zero-order chi connectivity index (χ0) is 11.5. The topological polar surface area (TPSA) is 17.1 Å². The van der Waals surface area contributed by atoms with E-state index in [-0.39, 0.29) is 5.78 Å². The van der Waals surface area contributed by atoms with Gasteiger partial charge in [0.2, 0.25) is 0 Å². The van der Waals surface area contributed by atoms with Crippen molar-refractivity contribution in [3.8, 4) is 0 Å². The second kappa shape index (κ2) is 4.67. The average Bonchev–Trinajstić information content (AvgIpc) is 2.63. The number of allylic oxidation sites excluding steroid dienone is 3. The highest BCUT2D eigenvalue weighted by Crippen LogP contribution is 2.27. The Bertz CT molecular complexity index is 466. The fraction of sp³-hybridized carbons (Fsp3) is 0.214. The third-order valence-corrected chi connectivity index (χ3v) is 3.06. The minimum atomic E-state index is 0.192. The number of halogens is 1. The maximum absolute atomic E-state index is 11.8. The maximum Gasteiger partial charge on any atom is 0.184 e. The average molecular weight is 233 g/mol. The van der Waals surface area contributed by atoms with Crippen LogP contribution in [0.15, 0.2) is 41.5 Å². The molecule has 0 bridgehead atoms. The van der Waals surface area contributed by atoms with Crippen molar-refractivity contribution in [3.63, 3.8) is 0 Å². The molecule has 82 valence electrons. The molecule has 0 amide bonds. The van der Waals surface area contributed by atoms with Crippen molar-refractivity contribution in [2.45, 2.75) is 19.8 Å². The van der Waals surface area contributed by atoms with E-state index in [9.17, 15) is 4.79 Å². The van der Waals surface area contributed by atoms with Gasteiger partial charge in [-0.05, 0) is 49.1 Å². The molecule has 0 saturated heterocycles. The van der Waals surface area contributed by atoms with Gasteiger partial charge in [0.1, 0.15) is 0 Å². The van der Waals surface area contributed by atoms with Crippen molar-refractivity contribution in [1.82, 2.24) is 0 Å². The van der Waals surface area contributed by atoms with E-state index >= 15 is 0 Å². The molecule has 0 spiro atoms. The highest BCUT2D eigenvalue weighted by molar-refractivity contribution is 6.30. The zero-order valence-electron chi connectivity index (χ0n) is 9.16. The lowest BCUT2D eigenvalue weighted by Crippen LogP contribution is -1.94. The fourth-order valence-corrected chi connectivity index (χ4v) is 2.00. The molecule has 1 aliphatic rings. The Kier molecular flexibility index (Phi) is 3.25. The number of hydrogen-bond acceptors (Lipinski definition) is 1. The lowest BCUT2D eigenvalue weighted by molar-refractivity contribution is -0.111. The second-order valence-corrected chi connectivity index (χ2v) is 4.30. The minimum Gasteiger partial charge on any atom is -0.289 e. The predicted molar refractivity (Wildman–Crippen MR) is 67.4 cm³/mol. The van der Waals surface area contributed by atoms with E-state index in [1.54, 1.807) is 0 Å². The van der Waals surface area contributed by atoms with E-state index in [1.807, 2.05) is 43.3 Å². The number of carbonyl (C=O) groups is 1. The van der Waals surface area contributed by atoms with Crippen LogP contribution < -0.4 is 0 Å². The van der Waals surface area contributed by atoms with Gasteiger partial charge in [0.05, 0.1) is 0 Å². The Hall–Kier alpha value is -1.34. The normalized spacial score (nSPS) is 21.0. The van der Waals surface area contributed by atoms with Crippen molar-refractivity contribution in [1.29, 1.82) is 0 Å². The van der Waals surface area contributed by atoms with Gasteiger partial charge >= 0.3 is 0 Å². The standard InChI is InChI=1S/C14H13ClO/c1-2-11-5-6-12(14(11)16)9-10-3-7-13(15)8-4-10/h2-4,7-9H,5-6H2,1H3/b11-2-,12-9+. The van der Waals surface area contributed by atoms with Crippen molar-refractivity contribution >= 4 is 23.5 Å². The first kappa shape index (κ1) is 11.2. The van der Waals surface area contributed by atoms with Crippen molar-refractivity contribution < 1.29 is 4.79 Å². The van der Waals surface area contributed by atoms with Crippen LogP contribution in [0.1, 0.15) is 25.3 Å². The van der Waals surface area contributed by atoms with Gasteiger partial charge in [0.15, 0.2) is 5.78 Å². The third-order valence-electron chi connectivity index (χ3n) is 2.81. The smallest absolute Gasteiger partial charge is 0.184 e. The van der Waals surface area contributed by atoms with E-state index < -0.39 is 0 Å². The molecule has 2 heteroatoms. The molecule has 0 aromatic heterocycles. The van der Waals surface area contributed by atoms with Crippen LogP contribution in [0.3, 0.4) is 0 Å². The molecule has 16 heavy (non-hydrogen) atoms. The number of Topliss-reactive ketones (excluding diaryl/α,β-unsaturated/α-hetero) is 1. The van der Waals surface area contributed by atoms with Gasteiger partial charge in [-0.2, -0.15) is 0 Å². The van der Waals surface area contributed by atoms with Crippen LogP contribution in [0.2, 0.25) is 5.02 Å². The van der Waals surface area contributed by atoms with Gasteiger partial charge in [-0.15, -0.1) is 0 Å². The fourth-order valence-electron chi connectivity index (χ4n) is 1.88. The van der Waals surface area contributed by atoms with E-state index in [1.165, 1.54) is 0 Å². The monoisotopic (exact) mass is 232 g/mol. The molecule has 1 nitrogen and oxygen atoms in total. The summed E-state index contributed by atoms with van der Waals surface area (Å²) >= 11 is 5.81. The zero-order valence-corrected chi connectivity index (χ0v) is 9.92. The van der Waals surface area contributed by atoms with Crippen LogP contribution in [0.25, 0.3) is 6.08 Å². The summed E-state index contributed by atoms with van der Waals surface area (Å²) < 4.78 is 0. The van der Waals surface area contributed by atoms with E-state index in [4.69, 9.17) is 11.6 Å². The molecule has 0 aliphatic heterocycles. The summed E-state index contributed by atoms with van der Waals surface area (Å²) in [6.45, 7) is 1.92. The van der Waals surface area contributed by atoms with E-state index in [0.717, 1.165) is 29.6 Å². The summed E-state index contributed by atoms with van der Waals surface area (Å²) in [4.78, 5) is 11.8. The number of hydrogen-bond donors (Lipinski definition) is 0. The summed E-state index contributed by atoms with van der Waals surface area (Å²) in [6.07, 6.45) is 5.58. The van der Waals surface area contributed by atoms with Crippen molar-refractivity contribution in [2.24, 2.45) is 0 Å². The van der Waals surface area contributed by atoms with Crippen LogP contribution in [-0.2, 0) is 4.79 Å². The number of ketones is 1. The summed E-state index contributed by atoms with van der Waals surface area (Å²) in [7, 11) is 0. The van der Waals surface area contributed by atoms with Crippen LogP contribution in [0.4, 0.5) is 0 Å². The van der Waals surface area contributed by atoms with Crippen LogP contribution in [0, 0.1) is 0 Å². The van der Waals surface area contributed by atoms with Gasteiger partial charge in [-0.25, -0.2) is 0 Å². The Balaban J connectivity index is 2.26. The Morgan fingerprint density at radius 1 is 1.12 bits per heavy atom. The largest absolute Gasteiger partial charge is 0.289 e. The molecule has 0 atom stereocenters. The minimum absolute atomic E-state index is 0.192. The third kappa shape index (κ3) is 2.25. The number of benzene rings is 1. The van der Waals surface area contributed by atoms with Crippen molar-refractivity contribution in [3.05, 3.63) is 52.1 Å². The summed E-state index contributed by atoms with van der Waals surface area (Å²) in [5.41, 5.74) is 2.86. The first-order valence-electron chi connectivity index (χ1n) is 5.36. The molecule has 1 aromatic carbocycles. The van der Waals surface area contributed by atoms with E-state index in [2.05, 4.69) is 0 Å². The van der Waals surface area contributed by atoms with Gasteiger partial charge in [-0.3, -0.25) is 4.79 Å². The number of carbonyl (C=O) groups excluding carboxylic acids is 1. The highest BCUT2D eigenvalue weighted by Gasteiger charge is 2.21. The first-order valence-corrected chi connectivity index (χ1v) is 5.74. The molecule has 1 aromatic rings. The van der Waals surface area contributed by atoms with Crippen molar-refractivity contribution in [2.75, 3.05) is 0 Å². The van der Waals surface area contributed by atoms with Gasteiger partial charge in [0, 0.05) is 10.6 Å². The molecule has 0 radical (unpaired) electrons. The maximum atomic E-state index is 11.8. The lowest BCUT2D eigenvalue weighted by Gasteiger charge is -1.97. The van der Waals surface area contributed by atoms with E-state index in [0.29, 0.717) is 5.02 Å². The predicted octanol–water partition coefficient (Wildman–Crippen LogP) is 4.03. The van der Waals surface area contributed by atoms with Crippen LogP contribution in [-0.4, -0.2) is 5.78 Å². The molecule has 1 saturated carbocycles. The molecular formula is C14H13ClO. The Labute approximate surface area is 100 Å². The Morgan fingerprint density at radius 2 is 1.75 bits per heavy atom. The molecule has 0 N–H and O–H groups in total. The van der Waals surface area contributed by atoms with Gasteiger partial charge < -0.3 is 0 Å². The van der Waals surface area contributed by atoms with Gasteiger partial charge in [-0.1, -0.05) is 29.8 Å². The molecular weight excluding hydrogens is 220 g/mol. The van der Waals surface area contributed by atoms with Crippen LogP contribution in [0.5, 0.6) is 0 Å². The molecule has 1 fully saturated rings. The summed E-state index contributed by atoms with van der Waals surface area (Å²) in [6, 6.07) is 7.53. The second-order valence-electron chi connectivity index (χ2n) is 3.86. The SMILES string of the molecule is C/C=C1/CC/C(=C\c2ccc(Cl)cc2)C1=O. The highest BCUT2D eigenvalue weighted by atomic mass is 35.5. The molecule has 0 unspecified atom stereocenters. The van der Waals surface area contributed by atoms with Crippen LogP contribution >= 0.6 is 11.6 Å². The quantitative estimate of drug-likeness (QED) is 0.668. The Morgan fingerprint density at radius 3 is 2.31 bits per heavy atom. The van der Waals surface area contributed by atoms with Gasteiger partial charge in [0.25, 0.3) is 0 Å².